The smallest absolute Gasteiger partial charge is 0.322 e. The predicted octanol–water partition coefficient (Wildman–Crippen LogP) is 3.88. The summed E-state index contributed by atoms with van der Waals surface area (Å²) >= 11 is 1.37. The van der Waals surface area contributed by atoms with E-state index >= 15 is 0 Å². The van der Waals surface area contributed by atoms with Crippen molar-refractivity contribution in [2.45, 2.75) is 55.4 Å². The maximum absolute atomic E-state index is 14.2. The van der Waals surface area contributed by atoms with Gasteiger partial charge in [-0.15, -0.1) is 11.8 Å². The predicted molar refractivity (Wildman–Crippen MR) is 154 cm³/mol. The van der Waals surface area contributed by atoms with E-state index < -0.39 is 28.2 Å². The van der Waals surface area contributed by atoms with Crippen LogP contribution in [0.2, 0.25) is 0 Å². The van der Waals surface area contributed by atoms with Crippen molar-refractivity contribution in [3.63, 3.8) is 0 Å². The second-order valence-electron chi connectivity index (χ2n) is 10.3. The Morgan fingerprint density at radius 1 is 0.897 bits per heavy atom. The molecule has 0 spiro atoms. The second-order valence-corrected chi connectivity index (χ2v) is 12.1. The Bertz CT molecular complexity index is 1250. The first-order valence-corrected chi connectivity index (χ1v) is 14.0. The summed E-state index contributed by atoms with van der Waals surface area (Å²) in [4.78, 5) is 41.2. The zero-order valence-electron chi connectivity index (χ0n) is 22.2. The van der Waals surface area contributed by atoms with Crippen molar-refractivity contribution in [2.24, 2.45) is 0 Å². The van der Waals surface area contributed by atoms with Crippen LogP contribution in [0.25, 0.3) is 0 Å². The van der Waals surface area contributed by atoms with Gasteiger partial charge in [0.2, 0.25) is 11.8 Å². The third kappa shape index (κ3) is 7.71. The fraction of sp³-hybridized carbons (Fsp3) is 0.323. The second kappa shape index (κ2) is 13.0. The van der Waals surface area contributed by atoms with E-state index in [0.717, 1.165) is 16.7 Å². The van der Waals surface area contributed by atoms with Crippen LogP contribution in [-0.2, 0) is 33.8 Å². The van der Waals surface area contributed by atoms with Crippen molar-refractivity contribution in [2.75, 3.05) is 6.54 Å². The SMILES string of the molecule is CC1(C)SC(C(NC(=O)Cc2ccccc2)C(=O)N(CCc2ccccc2)Cc2ccccc2)N[C@H]1C(=O)O. The van der Waals surface area contributed by atoms with Gasteiger partial charge in [-0.05, 0) is 37.0 Å². The maximum Gasteiger partial charge on any atom is 0.322 e. The van der Waals surface area contributed by atoms with Gasteiger partial charge in [0.25, 0.3) is 0 Å². The largest absolute Gasteiger partial charge is 0.480 e. The third-order valence-corrected chi connectivity index (χ3v) is 8.34. The monoisotopic (exact) mass is 545 g/mol. The highest BCUT2D eigenvalue weighted by Gasteiger charge is 2.49. The van der Waals surface area contributed by atoms with Crippen LogP contribution in [0.3, 0.4) is 0 Å². The first-order valence-electron chi connectivity index (χ1n) is 13.1. The average Bonchev–Trinajstić information content (AvgIpc) is 3.26. The number of rotatable bonds is 11. The van der Waals surface area contributed by atoms with E-state index in [-0.39, 0.29) is 18.2 Å². The van der Waals surface area contributed by atoms with Crippen LogP contribution in [0.5, 0.6) is 0 Å². The van der Waals surface area contributed by atoms with Gasteiger partial charge in [0, 0.05) is 17.8 Å². The molecule has 7 nitrogen and oxygen atoms in total. The fourth-order valence-electron chi connectivity index (χ4n) is 4.78. The quantitative estimate of drug-likeness (QED) is 0.338. The summed E-state index contributed by atoms with van der Waals surface area (Å²) in [5.41, 5.74) is 2.92. The summed E-state index contributed by atoms with van der Waals surface area (Å²) in [6.45, 7) is 4.51. The molecule has 0 aromatic heterocycles. The molecule has 2 amide bonds. The van der Waals surface area contributed by atoms with Crippen molar-refractivity contribution in [3.8, 4) is 0 Å². The summed E-state index contributed by atoms with van der Waals surface area (Å²) in [6.07, 6.45) is 0.773. The number of carboxylic acid groups (broad SMARTS) is 1. The lowest BCUT2D eigenvalue weighted by Gasteiger charge is -2.31. The summed E-state index contributed by atoms with van der Waals surface area (Å²) in [6, 6.07) is 27.2. The molecule has 204 valence electrons. The van der Waals surface area contributed by atoms with E-state index in [9.17, 15) is 19.5 Å². The van der Waals surface area contributed by atoms with Gasteiger partial charge in [-0.25, -0.2) is 0 Å². The fourth-order valence-corrected chi connectivity index (χ4v) is 6.26. The van der Waals surface area contributed by atoms with Gasteiger partial charge in [0.1, 0.15) is 12.1 Å². The lowest BCUT2D eigenvalue weighted by molar-refractivity contribution is -0.141. The van der Waals surface area contributed by atoms with Crippen LogP contribution in [0, 0.1) is 0 Å². The highest BCUT2D eigenvalue weighted by atomic mass is 32.2. The minimum Gasteiger partial charge on any atom is -0.480 e. The molecule has 1 saturated heterocycles. The number of carbonyl (C=O) groups is 3. The molecule has 2 unspecified atom stereocenters. The molecule has 3 N–H and O–H groups in total. The van der Waals surface area contributed by atoms with Crippen molar-refractivity contribution in [1.82, 2.24) is 15.5 Å². The first kappa shape index (κ1) is 28.4. The Balaban J connectivity index is 1.61. The Labute approximate surface area is 234 Å². The molecule has 1 heterocycles. The maximum atomic E-state index is 14.2. The van der Waals surface area contributed by atoms with Crippen molar-refractivity contribution >= 4 is 29.5 Å². The molecule has 1 aliphatic rings. The van der Waals surface area contributed by atoms with E-state index in [2.05, 4.69) is 10.6 Å². The van der Waals surface area contributed by atoms with Crippen LogP contribution < -0.4 is 10.6 Å². The molecule has 1 fully saturated rings. The number of hydrogen-bond acceptors (Lipinski definition) is 5. The van der Waals surface area contributed by atoms with Gasteiger partial charge in [-0.1, -0.05) is 91.0 Å². The number of nitrogens with zero attached hydrogens (tertiary/aromatic N) is 1. The number of aliphatic carboxylic acids is 1. The number of benzene rings is 3. The summed E-state index contributed by atoms with van der Waals surface area (Å²) < 4.78 is -0.673. The Kier molecular flexibility index (Phi) is 9.43. The molecular formula is C31H35N3O4S. The Hall–Kier alpha value is -3.62. The average molecular weight is 546 g/mol. The lowest BCUT2D eigenvalue weighted by Crippen LogP contribution is -2.58. The molecule has 39 heavy (non-hydrogen) atoms. The number of carboxylic acids is 1. The van der Waals surface area contributed by atoms with Crippen molar-refractivity contribution < 1.29 is 19.5 Å². The molecule has 1 aliphatic heterocycles. The topological polar surface area (TPSA) is 98.7 Å². The number of nitrogens with one attached hydrogen (secondary N) is 2. The zero-order chi connectivity index (χ0) is 27.8. The van der Waals surface area contributed by atoms with Gasteiger partial charge >= 0.3 is 5.97 Å². The first-order chi connectivity index (χ1) is 18.7. The molecular weight excluding hydrogens is 510 g/mol. The van der Waals surface area contributed by atoms with Gasteiger partial charge in [-0.3, -0.25) is 19.7 Å². The van der Waals surface area contributed by atoms with Crippen LogP contribution in [-0.4, -0.2) is 56.5 Å². The van der Waals surface area contributed by atoms with E-state index in [1.807, 2.05) is 105 Å². The number of amides is 2. The highest BCUT2D eigenvalue weighted by Crippen LogP contribution is 2.39. The normalized spacial score (nSPS) is 18.7. The third-order valence-electron chi connectivity index (χ3n) is 6.84. The highest BCUT2D eigenvalue weighted by molar-refractivity contribution is 8.01. The standard InChI is InChI=1S/C31H35N3O4S/c1-31(2)27(30(37)38)33-28(39-31)26(32-25(35)20-23-14-8-4-9-15-23)29(36)34(21-24-16-10-5-11-17-24)19-18-22-12-6-3-7-13-22/h3-17,26-28,33H,18-21H2,1-2H3,(H,32,35)(H,37,38)/t26?,27-,28?/m0/s1. The van der Waals surface area contributed by atoms with Crippen molar-refractivity contribution in [3.05, 3.63) is 108 Å². The van der Waals surface area contributed by atoms with Crippen LogP contribution >= 0.6 is 11.8 Å². The van der Waals surface area contributed by atoms with Crippen LogP contribution in [0.1, 0.15) is 30.5 Å². The van der Waals surface area contributed by atoms with E-state index in [1.54, 1.807) is 4.90 Å². The van der Waals surface area contributed by atoms with E-state index in [0.29, 0.717) is 19.5 Å². The number of thioether (sulfide) groups is 1. The van der Waals surface area contributed by atoms with Gasteiger partial charge in [-0.2, -0.15) is 0 Å². The minimum atomic E-state index is -0.984. The molecule has 3 aromatic rings. The molecule has 3 aromatic carbocycles. The molecule has 0 aliphatic carbocycles. The molecule has 0 bridgehead atoms. The number of carbonyl (C=O) groups excluding carboxylic acids is 2. The summed E-state index contributed by atoms with van der Waals surface area (Å²) in [5, 5.41) is 15.3. The number of hydrogen-bond donors (Lipinski definition) is 3. The summed E-state index contributed by atoms with van der Waals surface area (Å²) in [7, 11) is 0. The van der Waals surface area contributed by atoms with Crippen LogP contribution in [0.15, 0.2) is 91.0 Å². The van der Waals surface area contributed by atoms with E-state index in [4.69, 9.17) is 0 Å². The van der Waals surface area contributed by atoms with Gasteiger partial charge in [0.15, 0.2) is 0 Å². The molecule has 4 rings (SSSR count). The lowest BCUT2D eigenvalue weighted by atomic mass is 10.0. The van der Waals surface area contributed by atoms with Crippen molar-refractivity contribution in [1.29, 1.82) is 0 Å². The zero-order valence-corrected chi connectivity index (χ0v) is 23.1. The summed E-state index contributed by atoms with van der Waals surface area (Å²) in [5.74, 6) is -1.52. The minimum absolute atomic E-state index is 0.121. The molecule has 0 radical (unpaired) electrons. The molecule has 3 atom stereocenters. The molecule has 0 saturated carbocycles. The Morgan fingerprint density at radius 2 is 1.44 bits per heavy atom. The van der Waals surface area contributed by atoms with Crippen LogP contribution in [0.4, 0.5) is 0 Å². The van der Waals surface area contributed by atoms with Gasteiger partial charge < -0.3 is 15.3 Å². The van der Waals surface area contributed by atoms with Gasteiger partial charge in [0.05, 0.1) is 11.8 Å². The molecule has 8 heteroatoms. The van der Waals surface area contributed by atoms with E-state index in [1.165, 1.54) is 11.8 Å². The Morgan fingerprint density at radius 3 is 1.97 bits per heavy atom.